The number of benzene rings is 1. The molecule has 0 saturated heterocycles. The summed E-state index contributed by atoms with van der Waals surface area (Å²) in [5.74, 6) is 0. The van der Waals surface area contributed by atoms with Crippen LogP contribution in [-0.2, 0) is 20.0 Å². The molecule has 0 aliphatic carbocycles. The molecule has 0 heterocycles. The predicted octanol–water partition coefficient (Wildman–Crippen LogP) is 0.277. The molecule has 18 heavy (non-hydrogen) atoms. The first-order chi connectivity index (χ1) is 8.22. The van der Waals surface area contributed by atoms with Gasteiger partial charge in [0.25, 0.3) is 0 Å². The fraction of sp³-hybridized carbons (Fsp3) is 0.333. The first kappa shape index (κ1) is 15.6. The summed E-state index contributed by atoms with van der Waals surface area (Å²) in [6, 6.07) is 6.38. The van der Waals surface area contributed by atoms with Crippen LogP contribution in [0.2, 0.25) is 0 Å². The Hall–Kier alpha value is -0.480. The summed E-state index contributed by atoms with van der Waals surface area (Å²) in [7, 11) is -6.95. The van der Waals surface area contributed by atoms with Crippen LogP contribution >= 0.6 is 15.9 Å². The van der Waals surface area contributed by atoms with Crippen molar-refractivity contribution in [2.75, 3.05) is 19.3 Å². The van der Waals surface area contributed by atoms with E-state index in [1.165, 1.54) is 6.07 Å². The minimum absolute atomic E-state index is 0.00250. The van der Waals surface area contributed by atoms with Gasteiger partial charge in [0.2, 0.25) is 20.0 Å². The van der Waals surface area contributed by atoms with Crippen molar-refractivity contribution < 1.29 is 16.8 Å². The minimum atomic E-state index is -3.64. The summed E-state index contributed by atoms with van der Waals surface area (Å²) in [5.41, 5.74) is 0. The lowest BCUT2D eigenvalue weighted by atomic mass is 10.4. The van der Waals surface area contributed by atoms with Gasteiger partial charge < -0.3 is 0 Å². The molecule has 0 radical (unpaired) electrons. The second-order valence-electron chi connectivity index (χ2n) is 3.49. The van der Waals surface area contributed by atoms with Crippen molar-refractivity contribution in [3.8, 4) is 0 Å². The number of rotatable bonds is 6. The second-order valence-corrected chi connectivity index (χ2v) is 7.92. The zero-order chi connectivity index (χ0) is 13.8. The van der Waals surface area contributed by atoms with Gasteiger partial charge >= 0.3 is 0 Å². The first-order valence-corrected chi connectivity index (χ1v) is 9.08. The highest BCUT2D eigenvalue weighted by molar-refractivity contribution is 9.10. The van der Waals surface area contributed by atoms with Gasteiger partial charge in [-0.15, -0.1) is 0 Å². The molecule has 0 bridgehead atoms. The Morgan fingerprint density at radius 2 is 1.61 bits per heavy atom. The summed E-state index contributed by atoms with van der Waals surface area (Å²) < 4.78 is 50.2. The van der Waals surface area contributed by atoms with Gasteiger partial charge in [-0.3, -0.25) is 0 Å². The van der Waals surface area contributed by atoms with Crippen molar-refractivity contribution >= 4 is 36.0 Å². The van der Waals surface area contributed by atoms with E-state index in [9.17, 15) is 16.8 Å². The molecular weight excluding hydrogens is 344 g/mol. The number of halogens is 1. The van der Waals surface area contributed by atoms with E-state index in [4.69, 9.17) is 0 Å². The quantitative estimate of drug-likeness (QED) is 0.716. The van der Waals surface area contributed by atoms with Crippen molar-refractivity contribution in [3.63, 3.8) is 0 Å². The summed E-state index contributed by atoms with van der Waals surface area (Å²) in [5, 5.41) is 0. The molecule has 0 spiro atoms. The molecule has 1 aromatic rings. The van der Waals surface area contributed by atoms with Crippen LogP contribution in [0, 0.1) is 0 Å². The molecule has 102 valence electrons. The highest BCUT2D eigenvalue weighted by Gasteiger charge is 2.16. The topological polar surface area (TPSA) is 92.3 Å². The Morgan fingerprint density at radius 1 is 1.06 bits per heavy atom. The maximum absolute atomic E-state index is 11.9. The van der Waals surface area contributed by atoms with E-state index in [2.05, 4.69) is 25.4 Å². The third-order valence-corrected chi connectivity index (χ3v) is 5.11. The second kappa shape index (κ2) is 6.11. The highest BCUT2D eigenvalue weighted by Crippen LogP contribution is 2.20. The molecule has 0 fully saturated rings. The zero-order valence-electron chi connectivity index (χ0n) is 9.55. The largest absolute Gasteiger partial charge is 0.241 e. The van der Waals surface area contributed by atoms with E-state index < -0.39 is 20.0 Å². The monoisotopic (exact) mass is 356 g/mol. The van der Waals surface area contributed by atoms with Crippen LogP contribution in [0.15, 0.2) is 33.6 Å². The fourth-order valence-corrected chi connectivity index (χ4v) is 3.67. The van der Waals surface area contributed by atoms with E-state index in [1.807, 2.05) is 0 Å². The molecule has 6 nitrogen and oxygen atoms in total. The lowest BCUT2D eigenvalue weighted by molar-refractivity contribution is 0.573. The smallest absolute Gasteiger partial charge is 0.214 e. The molecule has 0 saturated carbocycles. The van der Waals surface area contributed by atoms with Crippen molar-refractivity contribution in [1.82, 2.24) is 9.44 Å². The molecular formula is C9H13BrN2O4S2. The van der Waals surface area contributed by atoms with Crippen LogP contribution in [0.3, 0.4) is 0 Å². The van der Waals surface area contributed by atoms with E-state index in [0.717, 1.165) is 6.26 Å². The number of hydrogen-bond donors (Lipinski definition) is 2. The summed E-state index contributed by atoms with van der Waals surface area (Å²) in [6.07, 6.45) is 1.01. The van der Waals surface area contributed by atoms with Crippen molar-refractivity contribution in [2.45, 2.75) is 4.90 Å². The number of hydrogen-bond acceptors (Lipinski definition) is 4. The average molecular weight is 357 g/mol. The van der Waals surface area contributed by atoms with Gasteiger partial charge in [0.1, 0.15) is 0 Å². The van der Waals surface area contributed by atoms with Crippen LogP contribution in [0.5, 0.6) is 0 Å². The van der Waals surface area contributed by atoms with E-state index >= 15 is 0 Å². The van der Waals surface area contributed by atoms with Crippen molar-refractivity contribution in [1.29, 1.82) is 0 Å². The Bertz CT molecular complexity index is 613. The lowest BCUT2D eigenvalue weighted by Crippen LogP contribution is -2.34. The fourth-order valence-electron chi connectivity index (χ4n) is 1.16. The maximum atomic E-state index is 11.9. The van der Waals surface area contributed by atoms with E-state index in [-0.39, 0.29) is 18.0 Å². The predicted molar refractivity (Wildman–Crippen MR) is 72.2 cm³/mol. The Balaban J connectivity index is 2.65. The molecule has 0 atom stereocenters. The highest BCUT2D eigenvalue weighted by atomic mass is 79.9. The lowest BCUT2D eigenvalue weighted by Gasteiger charge is -2.08. The van der Waals surface area contributed by atoms with E-state index in [1.54, 1.807) is 18.2 Å². The Morgan fingerprint density at radius 3 is 2.17 bits per heavy atom. The van der Waals surface area contributed by atoms with Gasteiger partial charge in [0.15, 0.2) is 0 Å². The van der Waals surface area contributed by atoms with E-state index in [0.29, 0.717) is 4.47 Å². The van der Waals surface area contributed by atoms with Crippen molar-refractivity contribution in [3.05, 3.63) is 28.7 Å². The van der Waals surface area contributed by atoms with Gasteiger partial charge in [0.05, 0.1) is 11.2 Å². The van der Waals surface area contributed by atoms with Gasteiger partial charge in [-0.25, -0.2) is 26.3 Å². The third-order valence-electron chi connectivity index (χ3n) is 1.91. The van der Waals surface area contributed by atoms with Crippen LogP contribution in [0.4, 0.5) is 0 Å². The Labute approximate surface area is 115 Å². The molecule has 2 N–H and O–H groups in total. The summed E-state index contributed by atoms with van der Waals surface area (Å²) in [4.78, 5) is 0.115. The van der Waals surface area contributed by atoms with Gasteiger partial charge in [0, 0.05) is 17.6 Å². The minimum Gasteiger partial charge on any atom is -0.214 e. The molecule has 1 rings (SSSR count). The van der Waals surface area contributed by atoms with Crippen molar-refractivity contribution in [2.24, 2.45) is 0 Å². The normalized spacial score (nSPS) is 12.6. The van der Waals surface area contributed by atoms with Gasteiger partial charge in [-0.05, 0) is 28.1 Å². The number of nitrogens with one attached hydrogen (secondary N) is 2. The SMILES string of the molecule is CS(=O)(=O)NCCNS(=O)(=O)c1ccccc1Br. The summed E-state index contributed by atoms with van der Waals surface area (Å²) >= 11 is 3.14. The van der Waals surface area contributed by atoms with Crippen LogP contribution in [0.1, 0.15) is 0 Å². The average Bonchev–Trinajstić information content (AvgIpc) is 2.24. The first-order valence-electron chi connectivity index (χ1n) is 4.91. The molecule has 0 aliphatic heterocycles. The van der Waals surface area contributed by atoms with Crippen LogP contribution in [0.25, 0.3) is 0 Å². The maximum Gasteiger partial charge on any atom is 0.241 e. The molecule has 0 aliphatic rings. The number of sulfonamides is 2. The van der Waals surface area contributed by atoms with Crippen LogP contribution < -0.4 is 9.44 Å². The zero-order valence-corrected chi connectivity index (χ0v) is 12.8. The molecule has 0 unspecified atom stereocenters. The molecule has 0 aromatic heterocycles. The molecule has 0 amide bonds. The molecule has 1 aromatic carbocycles. The van der Waals surface area contributed by atoms with Gasteiger partial charge in [-0.1, -0.05) is 12.1 Å². The molecule has 9 heteroatoms. The Kier molecular flexibility index (Phi) is 5.29. The van der Waals surface area contributed by atoms with Crippen LogP contribution in [-0.4, -0.2) is 36.2 Å². The van der Waals surface area contributed by atoms with Gasteiger partial charge in [-0.2, -0.15) is 0 Å². The third kappa shape index (κ3) is 5.02. The summed E-state index contributed by atoms with van der Waals surface area (Å²) in [6.45, 7) is -0.0146. The standard InChI is InChI=1S/C9H13BrN2O4S2/c1-17(13,14)11-6-7-12-18(15,16)9-5-3-2-4-8(9)10/h2-5,11-12H,6-7H2,1H3.